The van der Waals surface area contributed by atoms with Gasteiger partial charge in [0.25, 0.3) is 5.91 Å². The second-order valence-corrected chi connectivity index (χ2v) is 4.45. The molecule has 0 unspecified atom stereocenters. The van der Waals surface area contributed by atoms with Gasteiger partial charge in [0, 0.05) is 12.3 Å². The number of benzene rings is 1. The van der Waals surface area contributed by atoms with E-state index in [2.05, 4.69) is 26.2 Å². The molecule has 98 valence electrons. The van der Waals surface area contributed by atoms with Gasteiger partial charge in [0.2, 0.25) is 0 Å². The number of nitrogens with one attached hydrogen (secondary N) is 1. The molecule has 0 saturated heterocycles. The van der Waals surface area contributed by atoms with Crippen LogP contribution < -0.4 is 5.32 Å². The van der Waals surface area contributed by atoms with E-state index in [1.165, 1.54) is 12.3 Å². The molecule has 1 aromatic heterocycles. The molecule has 4 nitrogen and oxygen atoms in total. The molecule has 2 rings (SSSR count). The van der Waals surface area contributed by atoms with Crippen LogP contribution in [0.15, 0.2) is 35.1 Å². The number of rotatable bonds is 2. The minimum absolute atomic E-state index is 0.0168. The van der Waals surface area contributed by atoms with Gasteiger partial charge in [0.1, 0.15) is 17.4 Å². The van der Waals surface area contributed by atoms with Crippen LogP contribution in [-0.2, 0) is 0 Å². The number of carbonyl (C=O) groups excluding carboxylic acids is 1. The third kappa shape index (κ3) is 2.87. The SMILES string of the molecule is O=C(Nc1cc(Br)c(F)cc1F)c1ccncc1O. The van der Waals surface area contributed by atoms with Crippen molar-refractivity contribution >= 4 is 27.5 Å². The molecule has 0 bridgehead atoms. The van der Waals surface area contributed by atoms with Crippen LogP contribution in [0.3, 0.4) is 0 Å². The maximum atomic E-state index is 13.5. The molecule has 0 aliphatic rings. The van der Waals surface area contributed by atoms with Crippen LogP contribution in [0, 0.1) is 11.6 Å². The summed E-state index contributed by atoms with van der Waals surface area (Å²) in [6, 6.07) is 3.02. The van der Waals surface area contributed by atoms with Gasteiger partial charge in [-0.3, -0.25) is 9.78 Å². The van der Waals surface area contributed by atoms with E-state index in [4.69, 9.17) is 0 Å². The molecule has 0 atom stereocenters. The number of aromatic nitrogens is 1. The predicted molar refractivity (Wildman–Crippen MR) is 67.9 cm³/mol. The molecule has 0 aliphatic carbocycles. The van der Waals surface area contributed by atoms with E-state index in [1.807, 2.05) is 0 Å². The van der Waals surface area contributed by atoms with Crippen molar-refractivity contribution in [2.45, 2.75) is 0 Å². The van der Waals surface area contributed by atoms with Crippen molar-refractivity contribution in [2.24, 2.45) is 0 Å². The molecular formula is C12H7BrF2N2O2. The van der Waals surface area contributed by atoms with Gasteiger partial charge in [0.15, 0.2) is 0 Å². The Morgan fingerprint density at radius 3 is 2.74 bits per heavy atom. The molecule has 0 fully saturated rings. The highest BCUT2D eigenvalue weighted by molar-refractivity contribution is 9.10. The Hall–Kier alpha value is -2.02. The summed E-state index contributed by atoms with van der Waals surface area (Å²) in [5.41, 5.74) is -0.260. The third-order valence-electron chi connectivity index (χ3n) is 2.30. The summed E-state index contributed by atoms with van der Waals surface area (Å²) in [5, 5.41) is 11.7. The highest BCUT2D eigenvalue weighted by atomic mass is 79.9. The molecule has 1 amide bonds. The van der Waals surface area contributed by atoms with E-state index in [0.29, 0.717) is 6.07 Å². The molecule has 2 N–H and O–H groups in total. The van der Waals surface area contributed by atoms with Gasteiger partial charge in [0.05, 0.1) is 21.9 Å². The number of hydrogen-bond acceptors (Lipinski definition) is 3. The Kier molecular flexibility index (Phi) is 3.75. The summed E-state index contributed by atoms with van der Waals surface area (Å²) >= 11 is 2.89. The molecule has 1 heterocycles. The monoisotopic (exact) mass is 328 g/mol. The summed E-state index contributed by atoms with van der Waals surface area (Å²) in [4.78, 5) is 15.4. The van der Waals surface area contributed by atoms with Crippen LogP contribution in [0.2, 0.25) is 0 Å². The van der Waals surface area contributed by atoms with Gasteiger partial charge >= 0.3 is 0 Å². The Balaban J connectivity index is 2.30. The highest BCUT2D eigenvalue weighted by Crippen LogP contribution is 2.25. The van der Waals surface area contributed by atoms with Gasteiger partial charge in [-0.25, -0.2) is 8.78 Å². The summed E-state index contributed by atoms with van der Waals surface area (Å²) in [6.45, 7) is 0. The zero-order chi connectivity index (χ0) is 14.0. The third-order valence-corrected chi connectivity index (χ3v) is 2.91. The average molecular weight is 329 g/mol. The van der Waals surface area contributed by atoms with Crippen LogP contribution in [0.4, 0.5) is 14.5 Å². The number of hydrogen-bond donors (Lipinski definition) is 2. The second-order valence-electron chi connectivity index (χ2n) is 3.59. The van der Waals surface area contributed by atoms with Crippen molar-refractivity contribution in [3.8, 4) is 5.75 Å². The first-order valence-corrected chi connectivity index (χ1v) is 5.87. The highest BCUT2D eigenvalue weighted by Gasteiger charge is 2.14. The summed E-state index contributed by atoms with van der Waals surface area (Å²) < 4.78 is 26.5. The van der Waals surface area contributed by atoms with Gasteiger partial charge in [-0.05, 0) is 28.1 Å². The van der Waals surface area contributed by atoms with E-state index in [1.54, 1.807) is 0 Å². The topological polar surface area (TPSA) is 62.2 Å². The second kappa shape index (κ2) is 5.31. The largest absolute Gasteiger partial charge is 0.505 e. The first-order chi connectivity index (χ1) is 8.99. The lowest BCUT2D eigenvalue weighted by Crippen LogP contribution is -2.13. The number of aromatic hydroxyl groups is 1. The quantitative estimate of drug-likeness (QED) is 0.833. The first-order valence-electron chi connectivity index (χ1n) is 5.08. The number of nitrogens with zero attached hydrogens (tertiary/aromatic N) is 1. The van der Waals surface area contributed by atoms with E-state index >= 15 is 0 Å². The predicted octanol–water partition coefficient (Wildman–Crippen LogP) is 3.08. The number of pyridine rings is 1. The summed E-state index contributed by atoms with van der Waals surface area (Å²) in [6.07, 6.45) is 2.40. The van der Waals surface area contributed by atoms with Crippen LogP contribution in [0.5, 0.6) is 5.75 Å². The van der Waals surface area contributed by atoms with E-state index in [0.717, 1.165) is 12.3 Å². The van der Waals surface area contributed by atoms with E-state index < -0.39 is 17.5 Å². The molecule has 0 aliphatic heterocycles. The summed E-state index contributed by atoms with van der Waals surface area (Å²) in [5.74, 6) is -2.75. The normalized spacial score (nSPS) is 10.3. The zero-order valence-corrected chi connectivity index (χ0v) is 10.9. The van der Waals surface area contributed by atoms with Crippen molar-refractivity contribution < 1.29 is 18.7 Å². The Morgan fingerprint density at radius 2 is 2.05 bits per heavy atom. The molecule has 2 aromatic rings. The van der Waals surface area contributed by atoms with Crippen LogP contribution in [-0.4, -0.2) is 16.0 Å². The lowest BCUT2D eigenvalue weighted by Gasteiger charge is -2.08. The molecule has 0 radical (unpaired) electrons. The fourth-order valence-electron chi connectivity index (χ4n) is 1.39. The zero-order valence-electron chi connectivity index (χ0n) is 9.32. The fraction of sp³-hybridized carbons (Fsp3) is 0. The maximum absolute atomic E-state index is 13.5. The van der Waals surface area contributed by atoms with Gasteiger partial charge < -0.3 is 10.4 Å². The smallest absolute Gasteiger partial charge is 0.259 e. The van der Waals surface area contributed by atoms with Crippen LogP contribution >= 0.6 is 15.9 Å². The van der Waals surface area contributed by atoms with E-state index in [9.17, 15) is 18.7 Å². The minimum Gasteiger partial charge on any atom is -0.505 e. The summed E-state index contributed by atoms with van der Waals surface area (Å²) in [7, 11) is 0. The number of halogens is 3. The number of amides is 1. The lowest BCUT2D eigenvalue weighted by atomic mass is 10.2. The first kappa shape index (κ1) is 13.4. The molecule has 19 heavy (non-hydrogen) atoms. The Bertz CT molecular complexity index is 650. The molecule has 0 spiro atoms. The Labute approximate surface area is 115 Å². The van der Waals surface area contributed by atoms with Crippen molar-refractivity contribution in [1.82, 2.24) is 4.98 Å². The standard InChI is InChI=1S/C12H7BrF2N2O2/c13-7-3-10(9(15)4-8(7)14)17-12(19)6-1-2-16-5-11(6)18/h1-5,18H,(H,17,19). The Morgan fingerprint density at radius 1 is 1.32 bits per heavy atom. The van der Waals surface area contributed by atoms with E-state index in [-0.39, 0.29) is 21.5 Å². The molecule has 1 aromatic carbocycles. The van der Waals surface area contributed by atoms with Crippen LogP contribution in [0.25, 0.3) is 0 Å². The average Bonchev–Trinajstić information content (AvgIpc) is 2.36. The van der Waals surface area contributed by atoms with Gasteiger partial charge in [-0.15, -0.1) is 0 Å². The van der Waals surface area contributed by atoms with Crippen LogP contribution in [0.1, 0.15) is 10.4 Å². The molecular weight excluding hydrogens is 322 g/mol. The van der Waals surface area contributed by atoms with Crippen molar-refractivity contribution in [3.05, 3.63) is 52.3 Å². The molecule has 7 heteroatoms. The van der Waals surface area contributed by atoms with Gasteiger partial charge in [-0.1, -0.05) is 0 Å². The van der Waals surface area contributed by atoms with Crippen molar-refractivity contribution in [1.29, 1.82) is 0 Å². The molecule has 0 saturated carbocycles. The maximum Gasteiger partial charge on any atom is 0.259 e. The lowest BCUT2D eigenvalue weighted by molar-refractivity contribution is 0.102. The fourth-order valence-corrected chi connectivity index (χ4v) is 1.73. The minimum atomic E-state index is -0.914. The number of carbonyl (C=O) groups is 1. The van der Waals surface area contributed by atoms with Crippen molar-refractivity contribution in [2.75, 3.05) is 5.32 Å². The van der Waals surface area contributed by atoms with Crippen molar-refractivity contribution in [3.63, 3.8) is 0 Å². The van der Waals surface area contributed by atoms with Gasteiger partial charge in [-0.2, -0.15) is 0 Å². The number of anilines is 1.